The second-order valence-corrected chi connectivity index (χ2v) is 5.12. The maximum atomic E-state index is 3.68. The Labute approximate surface area is 99.0 Å². The SMILES string of the molecule is Cc1ccc(C)n1NC1CCCCCCC1. The number of rotatable bonds is 2. The third kappa shape index (κ3) is 2.81. The van der Waals surface area contributed by atoms with E-state index in [2.05, 4.69) is 36.1 Å². The quantitative estimate of drug-likeness (QED) is 0.803. The zero-order chi connectivity index (χ0) is 11.4. The van der Waals surface area contributed by atoms with E-state index >= 15 is 0 Å². The zero-order valence-corrected chi connectivity index (χ0v) is 10.6. The minimum atomic E-state index is 0.671. The summed E-state index contributed by atoms with van der Waals surface area (Å²) in [6, 6.07) is 5.04. The van der Waals surface area contributed by atoms with Crippen molar-refractivity contribution >= 4 is 0 Å². The lowest BCUT2D eigenvalue weighted by atomic mass is 9.97. The van der Waals surface area contributed by atoms with Gasteiger partial charge < -0.3 is 5.43 Å². The van der Waals surface area contributed by atoms with E-state index in [9.17, 15) is 0 Å². The first-order valence-electron chi connectivity index (χ1n) is 6.69. The molecule has 1 heterocycles. The number of aromatic nitrogens is 1. The van der Waals surface area contributed by atoms with Gasteiger partial charge in [-0.25, -0.2) is 0 Å². The lowest BCUT2D eigenvalue weighted by molar-refractivity contribution is 0.448. The van der Waals surface area contributed by atoms with Crippen LogP contribution in [-0.4, -0.2) is 10.7 Å². The van der Waals surface area contributed by atoms with E-state index < -0.39 is 0 Å². The van der Waals surface area contributed by atoms with Crippen molar-refractivity contribution in [1.82, 2.24) is 4.68 Å². The molecule has 0 aromatic carbocycles. The van der Waals surface area contributed by atoms with E-state index in [0.717, 1.165) is 0 Å². The second-order valence-electron chi connectivity index (χ2n) is 5.12. The normalized spacial score (nSPS) is 19.1. The van der Waals surface area contributed by atoms with Gasteiger partial charge in [0.25, 0.3) is 0 Å². The fourth-order valence-electron chi connectivity index (χ4n) is 2.64. The molecule has 16 heavy (non-hydrogen) atoms. The Morgan fingerprint density at radius 3 is 2.00 bits per heavy atom. The highest BCUT2D eigenvalue weighted by Crippen LogP contribution is 2.18. The van der Waals surface area contributed by atoms with Crippen molar-refractivity contribution in [3.8, 4) is 0 Å². The largest absolute Gasteiger partial charge is 0.323 e. The summed E-state index contributed by atoms with van der Waals surface area (Å²) in [6.07, 6.45) is 9.71. The van der Waals surface area contributed by atoms with E-state index in [1.54, 1.807) is 0 Å². The Bertz CT molecular complexity index is 300. The molecule has 1 saturated carbocycles. The van der Waals surface area contributed by atoms with Gasteiger partial charge in [-0.1, -0.05) is 32.1 Å². The van der Waals surface area contributed by atoms with Crippen molar-refractivity contribution in [2.75, 3.05) is 5.43 Å². The molecule has 1 aromatic rings. The Hall–Kier alpha value is -0.920. The summed E-state index contributed by atoms with van der Waals surface area (Å²) in [5, 5.41) is 0. The van der Waals surface area contributed by atoms with Gasteiger partial charge in [-0.3, -0.25) is 4.68 Å². The van der Waals surface area contributed by atoms with Crippen LogP contribution >= 0.6 is 0 Å². The fraction of sp³-hybridized carbons (Fsp3) is 0.714. The maximum absolute atomic E-state index is 3.68. The fourth-order valence-corrected chi connectivity index (χ4v) is 2.64. The minimum absolute atomic E-state index is 0.671. The minimum Gasteiger partial charge on any atom is -0.323 e. The third-order valence-corrected chi connectivity index (χ3v) is 3.69. The summed E-state index contributed by atoms with van der Waals surface area (Å²) in [5.74, 6) is 0. The van der Waals surface area contributed by atoms with Crippen LogP contribution in [0.4, 0.5) is 0 Å². The van der Waals surface area contributed by atoms with Crippen molar-refractivity contribution in [2.45, 2.75) is 64.8 Å². The topological polar surface area (TPSA) is 17.0 Å². The molecular weight excluding hydrogens is 196 g/mol. The van der Waals surface area contributed by atoms with Crippen LogP contribution in [0.2, 0.25) is 0 Å². The molecule has 0 aliphatic heterocycles. The molecule has 1 aromatic heterocycles. The molecule has 2 nitrogen and oxygen atoms in total. The first-order chi connectivity index (χ1) is 7.77. The Morgan fingerprint density at radius 2 is 1.44 bits per heavy atom. The van der Waals surface area contributed by atoms with Gasteiger partial charge in [0.05, 0.1) is 0 Å². The third-order valence-electron chi connectivity index (χ3n) is 3.69. The highest BCUT2D eigenvalue weighted by Gasteiger charge is 2.12. The van der Waals surface area contributed by atoms with Gasteiger partial charge in [-0.15, -0.1) is 0 Å². The first kappa shape index (κ1) is 11.6. The highest BCUT2D eigenvalue weighted by atomic mass is 15.4. The van der Waals surface area contributed by atoms with Gasteiger partial charge in [0.15, 0.2) is 0 Å². The molecule has 0 radical (unpaired) electrons. The summed E-state index contributed by atoms with van der Waals surface area (Å²) >= 11 is 0. The standard InChI is InChI=1S/C14H24N2/c1-12-10-11-13(2)16(12)15-14-8-6-4-3-5-7-9-14/h10-11,14-15H,3-9H2,1-2H3. The highest BCUT2D eigenvalue weighted by molar-refractivity contribution is 5.15. The number of nitrogens with one attached hydrogen (secondary N) is 1. The van der Waals surface area contributed by atoms with Crippen LogP contribution in [0, 0.1) is 13.8 Å². The lowest BCUT2D eigenvalue weighted by Crippen LogP contribution is -2.29. The van der Waals surface area contributed by atoms with Crippen molar-refractivity contribution in [2.24, 2.45) is 0 Å². The predicted octanol–water partition coefficient (Wildman–Crippen LogP) is 3.76. The van der Waals surface area contributed by atoms with Crippen LogP contribution in [0.5, 0.6) is 0 Å². The van der Waals surface area contributed by atoms with Crippen LogP contribution in [0.1, 0.15) is 56.3 Å². The van der Waals surface area contributed by atoms with Gasteiger partial charge in [-0.05, 0) is 38.8 Å². The van der Waals surface area contributed by atoms with Crippen molar-refractivity contribution in [1.29, 1.82) is 0 Å². The van der Waals surface area contributed by atoms with Gasteiger partial charge in [-0.2, -0.15) is 0 Å². The summed E-state index contributed by atoms with van der Waals surface area (Å²) in [7, 11) is 0. The average Bonchev–Trinajstić information content (AvgIpc) is 2.53. The van der Waals surface area contributed by atoms with E-state index in [0.29, 0.717) is 6.04 Å². The smallest absolute Gasteiger partial charge is 0.0424 e. The van der Waals surface area contributed by atoms with Crippen molar-refractivity contribution in [3.05, 3.63) is 23.5 Å². The molecule has 1 aliphatic rings. The molecule has 0 amide bonds. The lowest BCUT2D eigenvalue weighted by Gasteiger charge is -2.24. The van der Waals surface area contributed by atoms with E-state index in [1.165, 1.54) is 56.3 Å². The summed E-state index contributed by atoms with van der Waals surface area (Å²) in [5.41, 5.74) is 6.32. The van der Waals surface area contributed by atoms with E-state index in [-0.39, 0.29) is 0 Å². The van der Waals surface area contributed by atoms with Crippen LogP contribution in [0.15, 0.2) is 12.1 Å². The summed E-state index contributed by atoms with van der Waals surface area (Å²) < 4.78 is 2.26. The Morgan fingerprint density at radius 1 is 0.938 bits per heavy atom. The molecule has 90 valence electrons. The Balaban J connectivity index is 1.96. The van der Waals surface area contributed by atoms with Crippen LogP contribution in [0.25, 0.3) is 0 Å². The molecule has 0 saturated heterocycles. The molecule has 1 aliphatic carbocycles. The van der Waals surface area contributed by atoms with Crippen molar-refractivity contribution in [3.63, 3.8) is 0 Å². The number of hydrogen-bond acceptors (Lipinski definition) is 1. The van der Waals surface area contributed by atoms with Crippen LogP contribution in [-0.2, 0) is 0 Å². The monoisotopic (exact) mass is 220 g/mol. The number of nitrogens with zero attached hydrogens (tertiary/aromatic N) is 1. The maximum Gasteiger partial charge on any atom is 0.0424 e. The molecule has 0 bridgehead atoms. The zero-order valence-electron chi connectivity index (χ0n) is 10.6. The predicted molar refractivity (Wildman–Crippen MR) is 69.4 cm³/mol. The van der Waals surface area contributed by atoms with Crippen molar-refractivity contribution < 1.29 is 0 Å². The second kappa shape index (κ2) is 5.42. The average molecular weight is 220 g/mol. The Kier molecular flexibility index (Phi) is 3.92. The molecule has 1 N–H and O–H groups in total. The van der Waals surface area contributed by atoms with Gasteiger partial charge >= 0.3 is 0 Å². The first-order valence-corrected chi connectivity index (χ1v) is 6.69. The van der Waals surface area contributed by atoms with Crippen LogP contribution in [0.3, 0.4) is 0 Å². The molecule has 2 rings (SSSR count). The molecule has 2 heteroatoms. The molecule has 0 spiro atoms. The molecule has 1 fully saturated rings. The van der Waals surface area contributed by atoms with E-state index in [1.807, 2.05) is 0 Å². The molecular formula is C14H24N2. The molecule has 0 atom stereocenters. The summed E-state index contributed by atoms with van der Waals surface area (Å²) in [6.45, 7) is 4.34. The van der Waals surface area contributed by atoms with Gasteiger partial charge in [0, 0.05) is 17.4 Å². The van der Waals surface area contributed by atoms with Crippen LogP contribution < -0.4 is 5.43 Å². The van der Waals surface area contributed by atoms with Gasteiger partial charge in [0.1, 0.15) is 0 Å². The number of aryl methyl sites for hydroxylation is 2. The summed E-state index contributed by atoms with van der Waals surface area (Å²) in [4.78, 5) is 0. The number of hydrogen-bond donors (Lipinski definition) is 1. The van der Waals surface area contributed by atoms with Gasteiger partial charge in [0.2, 0.25) is 0 Å². The van der Waals surface area contributed by atoms with E-state index in [4.69, 9.17) is 0 Å². The molecule has 0 unspecified atom stereocenters.